The summed E-state index contributed by atoms with van der Waals surface area (Å²) in [5.41, 5.74) is 0.658. The van der Waals surface area contributed by atoms with E-state index in [1.54, 1.807) is 25.7 Å². The van der Waals surface area contributed by atoms with Gasteiger partial charge in [0.1, 0.15) is 0 Å². The van der Waals surface area contributed by atoms with Gasteiger partial charge in [-0.1, -0.05) is 32.3 Å². The first-order chi connectivity index (χ1) is 12.8. The van der Waals surface area contributed by atoms with Crippen molar-refractivity contribution in [2.75, 3.05) is 6.54 Å². The van der Waals surface area contributed by atoms with Crippen LogP contribution in [0.1, 0.15) is 71.1 Å². The Labute approximate surface area is 160 Å². The Morgan fingerprint density at radius 3 is 2.62 bits per heavy atom. The van der Waals surface area contributed by atoms with Gasteiger partial charge in [-0.2, -0.15) is 0 Å². The van der Waals surface area contributed by atoms with Crippen molar-refractivity contribution in [2.24, 2.45) is 46.8 Å². The quantitative estimate of drug-likeness (QED) is 0.658. The summed E-state index contributed by atoms with van der Waals surface area (Å²) >= 11 is 0. The Kier molecular flexibility index (Phi) is 3.80. The number of nitrogens with one attached hydrogen (secondary N) is 2. The highest BCUT2D eigenvalue weighted by Gasteiger charge is 2.71. The van der Waals surface area contributed by atoms with Crippen LogP contribution >= 0.6 is 0 Å². The summed E-state index contributed by atoms with van der Waals surface area (Å²) in [6.07, 6.45) is 19.8. The Hall–Kier alpha value is -0.500. The van der Waals surface area contributed by atoms with Crippen LogP contribution in [0.4, 0.5) is 0 Å². The molecule has 1 saturated heterocycles. The fraction of sp³-hybridized carbons (Fsp3) is 0.917. The van der Waals surface area contributed by atoms with Gasteiger partial charge in [0.05, 0.1) is 0 Å². The fourth-order valence-corrected chi connectivity index (χ4v) is 9.81. The Morgan fingerprint density at radius 2 is 1.65 bits per heavy atom. The van der Waals surface area contributed by atoms with E-state index < -0.39 is 0 Å². The maximum absolute atomic E-state index is 4.04. The number of hydrogen-bond acceptors (Lipinski definition) is 2. The second-order valence-corrected chi connectivity index (χ2v) is 10.9. The van der Waals surface area contributed by atoms with Crippen LogP contribution in [0.3, 0.4) is 0 Å². The van der Waals surface area contributed by atoms with E-state index in [9.17, 15) is 0 Å². The first-order valence-corrected chi connectivity index (χ1v) is 12.0. The van der Waals surface area contributed by atoms with Crippen molar-refractivity contribution in [3.8, 4) is 0 Å². The number of hydrogen-bond donors (Lipinski definition) is 2. The molecule has 2 heterocycles. The molecule has 0 radical (unpaired) electrons. The lowest BCUT2D eigenvalue weighted by molar-refractivity contribution is -0.0290. The van der Waals surface area contributed by atoms with Gasteiger partial charge in [-0.05, 0) is 105 Å². The van der Waals surface area contributed by atoms with Crippen LogP contribution in [-0.4, -0.2) is 18.6 Å². The smallest absolute Gasteiger partial charge is 0.0448 e. The molecule has 0 aromatic rings. The van der Waals surface area contributed by atoms with Gasteiger partial charge >= 0.3 is 0 Å². The highest BCUT2D eigenvalue weighted by Crippen LogP contribution is 2.74. The third kappa shape index (κ3) is 1.98. The summed E-state index contributed by atoms with van der Waals surface area (Å²) in [4.78, 5) is 0. The number of piperidine rings is 1. The lowest BCUT2D eigenvalue weighted by Gasteiger charge is -2.51. The van der Waals surface area contributed by atoms with Gasteiger partial charge in [0, 0.05) is 12.1 Å². The summed E-state index contributed by atoms with van der Waals surface area (Å²) in [7, 11) is 0. The predicted octanol–water partition coefficient (Wildman–Crippen LogP) is 4.72. The fourth-order valence-electron chi connectivity index (χ4n) is 9.81. The standard InChI is InChI=1S/C24H38N2/c1-15-10-11-17-16-6-2-3-7-18(16)24(21(17)14-15)19-8-4-12-25-22(19)23-20(24)9-5-13-26-23/h4,12,15-23,25-26H,2-3,5-11,13-14H2,1H3. The SMILES string of the molecule is CC1CCC2C3CCCCC3C3(C2C1)C1CC=CNC1C1NCCCC13. The van der Waals surface area contributed by atoms with Gasteiger partial charge in [0.15, 0.2) is 0 Å². The molecule has 6 rings (SSSR count). The molecular weight excluding hydrogens is 316 g/mol. The van der Waals surface area contributed by atoms with Gasteiger partial charge in [-0.25, -0.2) is 0 Å². The van der Waals surface area contributed by atoms with E-state index in [1.165, 1.54) is 45.1 Å². The van der Waals surface area contributed by atoms with Crippen molar-refractivity contribution >= 4 is 0 Å². The Bertz CT molecular complexity index is 585. The van der Waals surface area contributed by atoms with E-state index in [1.807, 2.05) is 0 Å². The van der Waals surface area contributed by atoms with Gasteiger partial charge in [0.2, 0.25) is 0 Å². The second-order valence-electron chi connectivity index (χ2n) is 10.9. The van der Waals surface area contributed by atoms with Crippen LogP contribution in [0, 0.1) is 46.8 Å². The maximum atomic E-state index is 4.04. The molecule has 4 saturated carbocycles. The van der Waals surface area contributed by atoms with Crippen molar-refractivity contribution in [3.05, 3.63) is 12.3 Å². The summed E-state index contributed by atoms with van der Waals surface area (Å²) in [6, 6.07) is 1.46. The number of allylic oxidation sites excluding steroid dienone is 1. The molecule has 0 aromatic heterocycles. The molecule has 0 bridgehead atoms. The molecule has 10 atom stereocenters. The first-order valence-electron chi connectivity index (χ1n) is 12.0. The molecule has 144 valence electrons. The third-order valence-corrected chi connectivity index (χ3v) is 10.2. The molecular formula is C24H38N2. The van der Waals surface area contributed by atoms with Crippen LogP contribution in [0.2, 0.25) is 0 Å². The average Bonchev–Trinajstić information content (AvgIpc) is 3.15. The lowest BCUT2D eigenvalue weighted by Crippen LogP contribution is -2.51. The number of rotatable bonds is 0. The molecule has 5 fully saturated rings. The van der Waals surface area contributed by atoms with E-state index in [0.717, 1.165) is 47.5 Å². The summed E-state index contributed by atoms with van der Waals surface area (Å²) in [5, 5.41) is 7.93. The van der Waals surface area contributed by atoms with Gasteiger partial charge in [-0.15, -0.1) is 0 Å². The van der Waals surface area contributed by atoms with E-state index in [-0.39, 0.29) is 0 Å². The molecule has 1 spiro atoms. The largest absolute Gasteiger partial charge is 0.387 e. The summed E-state index contributed by atoms with van der Waals surface area (Å²) in [5.74, 6) is 7.05. The van der Waals surface area contributed by atoms with Crippen LogP contribution in [0.15, 0.2) is 12.3 Å². The normalized spacial score (nSPS) is 57.8. The van der Waals surface area contributed by atoms with E-state index in [0.29, 0.717) is 11.5 Å². The second kappa shape index (κ2) is 6.00. The topological polar surface area (TPSA) is 24.1 Å². The predicted molar refractivity (Wildman–Crippen MR) is 107 cm³/mol. The zero-order valence-corrected chi connectivity index (χ0v) is 16.6. The van der Waals surface area contributed by atoms with Crippen molar-refractivity contribution in [1.29, 1.82) is 0 Å². The Morgan fingerprint density at radius 1 is 0.808 bits per heavy atom. The van der Waals surface area contributed by atoms with Gasteiger partial charge < -0.3 is 10.6 Å². The van der Waals surface area contributed by atoms with Crippen LogP contribution in [-0.2, 0) is 0 Å². The molecule has 4 aliphatic carbocycles. The van der Waals surface area contributed by atoms with Crippen LogP contribution < -0.4 is 10.6 Å². The average molecular weight is 355 g/mol. The first kappa shape index (κ1) is 16.5. The molecule has 2 heteroatoms. The Balaban J connectivity index is 1.51. The third-order valence-electron chi connectivity index (χ3n) is 10.2. The minimum Gasteiger partial charge on any atom is -0.387 e. The highest BCUT2D eigenvalue weighted by atomic mass is 15.1. The zero-order chi connectivity index (χ0) is 17.3. The molecule has 10 unspecified atom stereocenters. The molecule has 2 aliphatic heterocycles. The number of fused-ring (bicyclic) bond motifs is 10. The van der Waals surface area contributed by atoms with E-state index >= 15 is 0 Å². The van der Waals surface area contributed by atoms with Crippen molar-refractivity contribution in [3.63, 3.8) is 0 Å². The van der Waals surface area contributed by atoms with E-state index in [4.69, 9.17) is 0 Å². The van der Waals surface area contributed by atoms with Crippen LogP contribution in [0.25, 0.3) is 0 Å². The van der Waals surface area contributed by atoms with Crippen molar-refractivity contribution in [1.82, 2.24) is 10.6 Å². The van der Waals surface area contributed by atoms with Gasteiger partial charge in [-0.3, -0.25) is 0 Å². The zero-order valence-electron chi connectivity index (χ0n) is 16.6. The highest BCUT2D eigenvalue weighted by molar-refractivity contribution is 5.24. The molecule has 6 aliphatic rings. The minimum absolute atomic E-state index is 0.658. The van der Waals surface area contributed by atoms with Gasteiger partial charge in [0.25, 0.3) is 0 Å². The van der Waals surface area contributed by atoms with E-state index in [2.05, 4.69) is 29.8 Å². The monoisotopic (exact) mass is 354 g/mol. The maximum Gasteiger partial charge on any atom is 0.0448 e. The van der Waals surface area contributed by atoms with Crippen molar-refractivity contribution < 1.29 is 0 Å². The minimum atomic E-state index is 0.658. The molecule has 2 N–H and O–H groups in total. The summed E-state index contributed by atoms with van der Waals surface area (Å²) < 4.78 is 0. The molecule has 26 heavy (non-hydrogen) atoms. The molecule has 0 amide bonds. The van der Waals surface area contributed by atoms with Crippen molar-refractivity contribution in [2.45, 2.75) is 83.2 Å². The lowest BCUT2D eigenvalue weighted by atomic mass is 9.54. The molecule has 2 nitrogen and oxygen atoms in total. The molecule has 0 aromatic carbocycles. The summed E-state index contributed by atoms with van der Waals surface area (Å²) in [6.45, 7) is 3.82. The van der Waals surface area contributed by atoms with Crippen LogP contribution in [0.5, 0.6) is 0 Å².